The van der Waals surface area contributed by atoms with E-state index in [1.165, 1.54) is 24.5 Å². The molecule has 0 fully saturated rings. The van der Waals surface area contributed by atoms with Gasteiger partial charge in [-0.25, -0.2) is 4.98 Å². The number of nitrogens with zero attached hydrogens (tertiary/aromatic N) is 2. The maximum atomic E-state index is 11.7. The fourth-order valence-corrected chi connectivity index (χ4v) is 2.78. The van der Waals surface area contributed by atoms with E-state index < -0.39 is 6.10 Å². The molecule has 2 heterocycles. The lowest BCUT2D eigenvalue weighted by atomic mass is 10.2. The number of amides is 1. The lowest BCUT2D eigenvalue weighted by molar-refractivity contribution is -0.116. The number of hydrogen-bond acceptors (Lipinski definition) is 5. The first kappa shape index (κ1) is 16.0. The molecule has 0 radical (unpaired) electrons. The average molecular weight is 330 g/mol. The number of ether oxygens (including phenoxy) is 1. The van der Waals surface area contributed by atoms with Crippen molar-refractivity contribution in [3.05, 3.63) is 28.5 Å². The van der Waals surface area contributed by atoms with Crippen molar-refractivity contribution >= 4 is 39.9 Å². The van der Waals surface area contributed by atoms with Crippen LogP contribution in [0.2, 0.25) is 5.15 Å². The van der Waals surface area contributed by atoms with Gasteiger partial charge in [-0.15, -0.1) is 11.3 Å². The second-order valence-electron chi connectivity index (χ2n) is 4.37. The zero-order valence-corrected chi connectivity index (χ0v) is 13.0. The van der Waals surface area contributed by atoms with E-state index in [2.05, 4.69) is 10.3 Å². The first-order valence-electron chi connectivity index (χ1n) is 6.35. The number of thiazole rings is 1. The number of fused-ring (bicyclic) bond motifs is 1. The Balaban J connectivity index is 1.87. The van der Waals surface area contributed by atoms with Crippen LogP contribution in [0.4, 0.5) is 0 Å². The third kappa shape index (κ3) is 4.28. The van der Waals surface area contributed by atoms with Gasteiger partial charge in [-0.1, -0.05) is 11.6 Å². The van der Waals surface area contributed by atoms with Crippen LogP contribution in [0.25, 0.3) is 11.0 Å². The van der Waals surface area contributed by atoms with Crippen LogP contribution in [0, 0.1) is 0 Å². The maximum absolute atomic E-state index is 11.7. The van der Waals surface area contributed by atoms with E-state index in [-0.39, 0.29) is 12.5 Å². The number of aliphatic hydroxyl groups is 1. The van der Waals surface area contributed by atoms with Crippen molar-refractivity contribution in [2.24, 2.45) is 0 Å². The Morgan fingerprint density at radius 3 is 3.29 bits per heavy atom. The number of carbonyl (C=O) groups excluding carboxylic acids is 1. The molecule has 0 aliphatic heterocycles. The van der Waals surface area contributed by atoms with Crippen LogP contribution in [-0.4, -0.2) is 46.8 Å². The molecule has 1 amide bonds. The Bertz CT molecular complexity index is 638. The van der Waals surface area contributed by atoms with Gasteiger partial charge < -0.3 is 15.2 Å². The van der Waals surface area contributed by atoms with Crippen LogP contribution < -0.4 is 5.32 Å². The van der Waals surface area contributed by atoms with E-state index in [9.17, 15) is 9.90 Å². The number of hydrogen-bond donors (Lipinski definition) is 2. The topological polar surface area (TPSA) is 75.9 Å². The SMILES string of the molecule is COCC(O)CCNC(=O)/C=C/c1c(Cl)nc2sccn12. The normalized spacial score (nSPS) is 13.1. The highest BCUT2D eigenvalue weighted by Crippen LogP contribution is 2.22. The molecule has 21 heavy (non-hydrogen) atoms. The van der Waals surface area contributed by atoms with E-state index in [0.29, 0.717) is 23.8 Å². The highest BCUT2D eigenvalue weighted by atomic mass is 35.5. The zero-order valence-electron chi connectivity index (χ0n) is 11.5. The molecule has 114 valence electrons. The highest BCUT2D eigenvalue weighted by molar-refractivity contribution is 7.15. The van der Waals surface area contributed by atoms with Gasteiger partial charge in [0.05, 0.1) is 18.4 Å². The smallest absolute Gasteiger partial charge is 0.244 e. The van der Waals surface area contributed by atoms with Crippen LogP contribution in [0.5, 0.6) is 0 Å². The Morgan fingerprint density at radius 1 is 1.71 bits per heavy atom. The van der Waals surface area contributed by atoms with E-state index in [1.54, 1.807) is 6.08 Å². The van der Waals surface area contributed by atoms with E-state index in [4.69, 9.17) is 16.3 Å². The summed E-state index contributed by atoms with van der Waals surface area (Å²) in [4.78, 5) is 16.6. The van der Waals surface area contributed by atoms with Gasteiger partial charge in [-0.2, -0.15) is 0 Å². The fraction of sp³-hybridized carbons (Fsp3) is 0.385. The number of carbonyl (C=O) groups is 1. The third-order valence-corrected chi connectivity index (χ3v) is 3.82. The van der Waals surface area contributed by atoms with Crippen molar-refractivity contribution in [3.63, 3.8) is 0 Å². The summed E-state index contributed by atoms with van der Waals surface area (Å²) in [5, 5.41) is 14.4. The molecular formula is C13H16ClN3O3S. The van der Waals surface area contributed by atoms with Crippen molar-refractivity contribution in [1.29, 1.82) is 0 Å². The van der Waals surface area contributed by atoms with Gasteiger partial charge in [0, 0.05) is 31.3 Å². The molecule has 2 rings (SSSR count). The number of aliphatic hydroxyl groups excluding tert-OH is 1. The molecule has 0 bridgehead atoms. The van der Waals surface area contributed by atoms with Crippen LogP contribution in [-0.2, 0) is 9.53 Å². The van der Waals surface area contributed by atoms with Crippen LogP contribution in [0.3, 0.4) is 0 Å². The fourth-order valence-electron chi connectivity index (χ4n) is 1.78. The Morgan fingerprint density at radius 2 is 2.52 bits per heavy atom. The quantitative estimate of drug-likeness (QED) is 0.756. The maximum Gasteiger partial charge on any atom is 0.244 e. The zero-order chi connectivity index (χ0) is 15.2. The van der Waals surface area contributed by atoms with E-state index in [1.807, 2.05) is 16.0 Å². The summed E-state index contributed by atoms with van der Waals surface area (Å²) in [5.74, 6) is -0.249. The largest absolute Gasteiger partial charge is 0.391 e. The molecule has 0 saturated heterocycles. The summed E-state index contributed by atoms with van der Waals surface area (Å²) in [7, 11) is 1.52. The second-order valence-corrected chi connectivity index (χ2v) is 5.60. The van der Waals surface area contributed by atoms with Gasteiger partial charge in [-0.05, 0) is 12.5 Å². The lowest BCUT2D eigenvalue weighted by Crippen LogP contribution is -2.27. The van der Waals surface area contributed by atoms with Crippen molar-refractivity contribution in [2.45, 2.75) is 12.5 Å². The van der Waals surface area contributed by atoms with Crippen LogP contribution in [0.1, 0.15) is 12.1 Å². The number of nitrogens with one attached hydrogen (secondary N) is 1. The summed E-state index contributed by atoms with van der Waals surface area (Å²) in [6.45, 7) is 0.634. The van der Waals surface area contributed by atoms with E-state index >= 15 is 0 Å². The minimum absolute atomic E-state index is 0.249. The molecule has 2 N–H and O–H groups in total. The Kier molecular flexibility index (Phi) is 5.75. The molecule has 1 unspecified atom stereocenters. The predicted octanol–water partition coefficient (Wildman–Crippen LogP) is 1.58. The number of methoxy groups -OCH3 is 1. The van der Waals surface area contributed by atoms with Gasteiger partial charge in [0.2, 0.25) is 5.91 Å². The van der Waals surface area contributed by atoms with Gasteiger partial charge in [-0.3, -0.25) is 9.20 Å². The molecule has 2 aromatic rings. The summed E-state index contributed by atoms with van der Waals surface area (Å²) >= 11 is 7.49. The summed E-state index contributed by atoms with van der Waals surface area (Å²) in [5.41, 5.74) is 0.669. The predicted molar refractivity (Wildman–Crippen MR) is 82.6 cm³/mol. The van der Waals surface area contributed by atoms with Gasteiger partial charge >= 0.3 is 0 Å². The molecule has 0 aromatic carbocycles. The van der Waals surface area contributed by atoms with E-state index in [0.717, 1.165) is 4.96 Å². The molecule has 1 atom stereocenters. The number of aromatic nitrogens is 2. The monoisotopic (exact) mass is 329 g/mol. The second kappa shape index (κ2) is 7.56. The first-order chi connectivity index (χ1) is 10.1. The van der Waals surface area contributed by atoms with Crippen molar-refractivity contribution < 1.29 is 14.6 Å². The molecule has 0 spiro atoms. The molecule has 0 aliphatic rings. The third-order valence-electron chi connectivity index (χ3n) is 2.78. The minimum Gasteiger partial charge on any atom is -0.391 e. The van der Waals surface area contributed by atoms with Crippen molar-refractivity contribution in [2.75, 3.05) is 20.3 Å². The Labute approximate surface area is 131 Å². The molecule has 2 aromatic heterocycles. The van der Waals surface area contributed by atoms with Crippen molar-refractivity contribution in [3.8, 4) is 0 Å². The van der Waals surface area contributed by atoms with Gasteiger partial charge in [0.1, 0.15) is 0 Å². The standard InChI is InChI=1S/C13H16ClN3O3S/c1-20-8-9(18)4-5-15-11(19)3-2-10-12(14)16-13-17(10)6-7-21-13/h2-3,6-7,9,18H,4-5,8H2,1H3,(H,15,19)/b3-2+. The van der Waals surface area contributed by atoms with Gasteiger partial charge in [0.15, 0.2) is 10.1 Å². The summed E-state index contributed by atoms with van der Waals surface area (Å²) in [6, 6.07) is 0. The Hall–Kier alpha value is -1.41. The number of halogens is 1. The molecule has 0 saturated carbocycles. The first-order valence-corrected chi connectivity index (χ1v) is 7.61. The van der Waals surface area contributed by atoms with Crippen LogP contribution >= 0.6 is 22.9 Å². The number of imidazole rings is 1. The summed E-state index contributed by atoms with van der Waals surface area (Å²) < 4.78 is 6.62. The highest BCUT2D eigenvalue weighted by Gasteiger charge is 2.09. The number of rotatable bonds is 7. The molecule has 8 heteroatoms. The molecule has 6 nitrogen and oxygen atoms in total. The minimum atomic E-state index is -0.575. The lowest BCUT2D eigenvalue weighted by Gasteiger charge is -2.08. The van der Waals surface area contributed by atoms with Crippen LogP contribution in [0.15, 0.2) is 17.7 Å². The average Bonchev–Trinajstić information content (AvgIpc) is 2.97. The van der Waals surface area contributed by atoms with Crippen molar-refractivity contribution in [1.82, 2.24) is 14.7 Å². The summed E-state index contributed by atoms with van der Waals surface area (Å²) in [6.07, 6.45) is 4.73. The molecular weight excluding hydrogens is 314 g/mol. The van der Waals surface area contributed by atoms with Gasteiger partial charge in [0.25, 0.3) is 0 Å². The molecule has 0 aliphatic carbocycles.